The van der Waals surface area contributed by atoms with Crippen molar-refractivity contribution in [2.24, 2.45) is 0 Å². The van der Waals surface area contributed by atoms with Crippen molar-refractivity contribution in [3.8, 4) is 11.1 Å². The number of nitrogens with zero attached hydrogens (tertiary/aromatic N) is 1. The van der Waals surface area contributed by atoms with E-state index in [2.05, 4.69) is 40.4 Å². The van der Waals surface area contributed by atoms with E-state index in [1.165, 1.54) is 4.90 Å². The molecular weight excluding hydrogens is 693 g/mol. The Hall–Kier alpha value is -5.84. The molecule has 0 aromatic heterocycles. The number of hydrogen-bond acceptors (Lipinski definition) is 8. The number of esters is 1. The number of ketones is 1. The molecule has 0 fully saturated rings. The molecule has 5 aromatic rings. The summed E-state index contributed by atoms with van der Waals surface area (Å²) in [5.74, 6) is -1.28. The number of Topliss-reactive ketones (excluding diaryl/α,β-unsaturated/α-hetero) is 1. The number of hydrazine groups is 1. The molecular formula is C45H48N4O6. The zero-order valence-corrected chi connectivity index (χ0v) is 31.7. The highest BCUT2D eigenvalue weighted by Crippen LogP contribution is 2.44. The predicted molar refractivity (Wildman–Crippen MR) is 213 cm³/mol. The van der Waals surface area contributed by atoms with Crippen molar-refractivity contribution >= 4 is 34.5 Å². The maximum atomic E-state index is 14.5. The Morgan fingerprint density at radius 1 is 0.709 bits per heavy atom. The number of fused-ring (bicyclic) bond motifs is 4. The molecule has 10 nitrogen and oxygen atoms in total. The molecule has 55 heavy (non-hydrogen) atoms. The van der Waals surface area contributed by atoms with Crippen LogP contribution in [-0.4, -0.2) is 73.1 Å². The topological polar surface area (TPSA) is 126 Å². The molecule has 0 saturated heterocycles. The van der Waals surface area contributed by atoms with Crippen LogP contribution in [0.5, 0.6) is 0 Å². The lowest BCUT2D eigenvalue weighted by molar-refractivity contribution is -0.144. The van der Waals surface area contributed by atoms with Crippen LogP contribution in [0.1, 0.15) is 48.9 Å². The quantitative estimate of drug-likeness (QED) is 0.0837. The zero-order valence-electron chi connectivity index (χ0n) is 31.7. The number of benzene rings is 5. The van der Waals surface area contributed by atoms with Gasteiger partial charge in [-0.25, -0.2) is 10.2 Å². The Morgan fingerprint density at radius 2 is 1.33 bits per heavy atom. The molecule has 0 bridgehead atoms. The van der Waals surface area contributed by atoms with Crippen molar-refractivity contribution in [1.82, 2.24) is 21.1 Å². The van der Waals surface area contributed by atoms with E-state index < -0.39 is 29.7 Å². The summed E-state index contributed by atoms with van der Waals surface area (Å²) in [6.45, 7) is 4.91. The van der Waals surface area contributed by atoms with Crippen LogP contribution in [-0.2, 0) is 36.7 Å². The molecule has 0 radical (unpaired) electrons. The van der Waals surface area contributed by atoms with Crippen molar-refractivity contribution in [1.29, 1.82) is 0 Å². The molecule has 1 aliphatic rings. The second-order valence-corrected chi connectivity index (χ2v) is 14.8. The molecule has 5 aromatic carbocycles. The lowest BCUT2D eigenvalue weighted by atomic mass is 9.98. The fourth-order valence-corrected chi connectivity index (χ4v) is 7.05. The Kier molecular flexibility index (Phi) is 12.4. The highest BCUT2D eigenvalue weighted by molar-refractivity contribution is 5.93. The van der Waals surface area contributed by atoms with Gasteiger partial charge in [0.25, 0.3) is 0 Å². The number of amides is 2. The lowest BCUT2D eigenvalue weighted by Gasteiger charge is -2.31. The Labute approximate surface area is 322 Å². The molecule has 0 unspecified atom stereocenters. The van der Waals surface area contributed by atoms with Crippen LogP contribution in [0, 0.1) is 0 Å². The third-order valence-corrected chi connectivity index (χ3v) is 9.73. The molecule has 3 N–H and O–H groups in total. The molecule has 0 heterocycles. The second-order valence-electron chi connectivity index (χ2n) is 14.8. The Bertz CT molecular complexity index is 2100. The first-order valence-corrected chi connectivity index (χ1v) is 18.6. The highest BCUT2D eigenvalue weighted by Gasteiger charge is 2.33. The van der Waals surface area contributed by atoms with Gasteiger partial charge in [-0.05, 0) is 71.3 Å². The van der Waals surface area contributed by atoms with Gasteiger partial charge in [0, 0.05) is 19.4 Å². The standard InChI is InChI=1S/C45H48N4O6/c1-45(2,3)55-44(53)48-47-27-41(50)40(26-30-14-6-5-7-15-30)49(4)43(52)39(25-31-22-23-32-16-8-9-17-33(32)24-31)46-28-42(51)54-29-38-36-20-12-10-18-34(36)35-19-11-13-21-37(35)38/h5-24,38-40,46-47H,25-29H2,1-4H3,(H,48,53)/t39-,40-/m1/s1. The van der Waals surface area contributed by atoms with Gasteiger partial charge in [0.1, 0.15) is 12.2 Å². The summed E-state index contributed by atoms with van der Waals surface area (Å²) in [7, 11) is 1.59. The van der Waals surface area contributed by atoms with Gasteiger partial charge in [0.15, 0.2) is 5.78 Å². The maximum absolute atomic E-state index is 14.5. The van der Waals surface area contributed by atoms with Gasteiger partial charge in [-0.2, -0.15) is 0 Å². The summed E-state index contributed by atoms with van der Waals surface area (Å²) < 4.78 is 11.1. The van der Waals surface area contributed by atoms with Crippen molar-refractivity contribution in [3.05, 3.63) is 144 Å². The fraction of sp³-hybridized carbons (Fsp3) is 0.289. The minimum absolute atomic E-state index is 0.0966. The molecule has 10 heteroatoms. The van der Waals surface area contributed by atoms with E-state index in [0.29, 0.717) is 0 Å². The third-order valence-electron chi connectivity index (χ3n) is 9.73. The van der Waals surface area contributed by atoms with Gasteiger partial charge in [-0.1, -0.05) is 121 Å². The SMILES string of the molecule is CN(C(=O)[C@@H](Cc1ccc2ccccc2c1)NCC(=O)OCC1c2ccccc2-c2ccccc21)[C@H](Cc1ccccc1)C(=O)CNNC(=O)OC(C)(C)C. The van der Waals surface area contributed by atoms with Crippen LogP contribution in [0.3, 0.4) is 0 Å². The lowest BCUT2D eigenvalue weighted by Crippen LogP contribution is -2.55. The first kappa shape index (κ1) is 38.9. The van der Waals surface area contributed by atoms with Gasteiger partial charge in [-0.15, -0.1) is 0 Å². The van der Waals surface area contributed by atoms with Crippen LogP contribution in [0.4, 0.5) is 4.79 Å². The van der Waals surface area contributed by atoms with Gasteiger partial charge in [0.2, 0.25) is 5.91 Å². The van der Waals surface area contributed by atoms with E-state index in [-0.39, 0.29) is 50.1 Å². The van der Waals surface area contributed by atoms with E-state index in [1.807, 2.05) is 97.1 Å². The van der Waals surface area contributed by atoms with E-state index in [4.69, 9.17) is 9.47 Å². The average molecular weight is 741 g/mol. The number of nitrogens with one attached hydrogen (secondary N) is 3. The monoisotopic (exact) mass is 740 g/mol. The van der Waals surface area contributed by atoms with E-state index in [9.17, 15) is 19.2 Å². The second kappa shape index (κ2) is 17.5. The minimum atomic E-state index is -0.891. The molecule has 2 atom stereocenters. The van der Waals surface area contributed by atoms with Crippen molar-refractivity contribution in [2.45, 2.75) is 57.2 Å². The number of likely N-dealkylation sites (N-methyl/N-ethyl adjacent to an activating group) is 1. The number of hydrogen-bond donors (Lipinski definition) is 3. The summed E-state index contributed by atoms with van der Waals surface area (Å²) in [5.41, 5.74) is 10.6. The van der Waals surface area contributed by atoms with Crippen molar-refractivity contribution < 1.29 is 28.7 Å². The number of carbonyl (C=O) groups excluding carboxylic acids is 4. The van der Waals surface area contributed by atoms with E-state index in [0.717, 1.165) is 44.2 Å². The van der Waals surface area contributed by atoms with Crippen molar-refractivity contribution in [3.63, 3.8) is 0 Å². The van der Waals surface area contributed by atoms with Gasteiger partial charge >= 0.3 is 12.1 Å². The predicted octanol–water partition coefficient (Wildman–Crippen LogP) is 6.36. The summed E-state index contributed by atoms with van der Waals surface area (Å²) >= 11 is 0. The average Bonchev–Trinajstić information content (AvgIpc) is 3.50. The third kappa shape index (κ3) is 10.0. The van der Waals surface area contributed by atoms with Crippen LogP contribution in [0.15, 0.2) is 121 Å². The van der Waals surface area contributed by atoms with Gasteiger partial charge < -0.3 is 14.4 Å². The minimum Gasteiger partial charge on any atom is -0.464 e. The van der Waals surface area contributed by atoms with E-state index >= 15 is 0 Å². The fourth-order valence-electron chi connectivity index (χ4n) is 7.05. The number of rotatable bonds is 15. The maximum Gasteiger partial charge on any atom is 0.422 e. The number of carbonyl (C=O) groups is 4. The first-order chi connectivity index (χ1) is 26.5. The van der Waals surface area contributed by atoms with Crippen LogP contribution in [0.2, 0.25) is 0 Å². The van der Waals surface area contributed by atoms with Crippen LogP contribution in [0.25, 0.3) is 21.9 Å². The summed E-state index contributed by atoms with van der Waals surface area (Å²) in [5, 5.41) is 5.27. The smallest absolute Gasteiger partial charge is 0.422 e. The molecule has 0 spiro atoms. The summed E-state index contributed by atoms with van der Waals surface area (Å²) in [6, 6.07) is 37.9. The Morgan fingerprint density at radius 3 is 2.00 bits per heavy atom. The first-order valence-electron chi connectivity index (χ1n) is 18.6. The van der Waals surface area contributed by atoms with Crippen molar-refractivity contribution in [2.75, 3.05) is 26.7 Å². The van der Waals surface area contributed by atoms with Gasteiger partial charge in [-0.3, -0.25) is 25.1 Å². The molecule has 6 rings (SSSR count). The largest absolute Gasteiger partial charge is 0.464 e. The molecule has 2 amide bonds. The molecule has 0 aliphatic heterocycles. The molecule has 284 valence electrons. The highest BCUT2D eigenvalue weighted by atomic mass is 16.6. The van der Waals surface area contributed by atoms with E-state index in [1.54, 1.807) is 27.8 Å². The van der Waals surface area contributed by atoms with Crippen LogP contribution < -0.4 is 16.2 Å². The summed E-state index contributed by atoms with van der Waals surface area (Å²) in [4.78, 5) is 55.3. The summed E-state index contributed by atoms with van der Waals surface area (Å²) in [6.07, 6.45) is -0.224. The zero-order chi connectivity index (χ0) is 39.0. The van der Waals surface area contributed by atoms with Gasteiger partial charge in [0.05, 0.1) is 25.2 Å². The molecule has 1 aliphatic carbocycles. The Balaban J connectivity index is 1.18. The molecule has 0 saturated carbocycles. The normalized spacial score (nSPS) is 13.3. The number of ether oxygens (including phenoxy) is 2. The van der Waals surface area contributed by atoms with Crippen LogP contribution >= 0.6 is 0 Å².